The summed E-state index contributed by atoms with van der Waals surface area (Å²) in [6.45, 7) is 3.06. The van der Waals surface area contributed by atoms with Gasteiger partial charge in [0.1, 0.15) is 6.23 Å². The van der Waals surface area contributed by atoms with Crippen LogP contribution in [0.15, 0.2) is 82.2 Å². The number of rotatable bonds is 6. The van der Waals surface area contributed by atoms with Crippen LogP contribution in [0.1, 0.15) is 37.7 Å². The Hall–Kier alpha value is -2.70. The summed E-state index contributed by atoms with van der Waals surface area (Å²) in [7, 11) is 0. The van der Waals surface area contributed by atoms with Crippen LogP contribution < -0.4 is 5.56 Å². The summed E-state index contributed by atoms with van der Waals surface area (Å²) < 4.78 is 2.56. The SMILES string of the molecule is CC(CC(=O)N1CCC(Cn2cc(Br)c(-c3ccccc3)cc2=O)CC1O)c1ccccc1. The van der Waals surface area contributed by atoms with Gasteiger partial charge >= 0.3 is 0 Å². The number of hydrogen-bond acceptors (Lipinski definition) is 3. The van der Waals surface area contributed by atoms with Gasteiger partial charge in [-0.25, -0.2) is 0 Å². The van der Waals surface area contributed by atoms with Crippen molar-refractivity contribution in [3.05, 3.63) is 93.3 Å². The maximum absolute atomic E-state index is 12.8. The lowest BCUT2D eigenvalue weighted by Gasteiger charge is -2.37. The van der Waals surface area contributed by atoms with Gasteiger partial charge in [-0.1, -0.05) is 67.6 Å². The van der Waals surface area contributed by atoms with Crippen molar-refractivity contribution in [2.75, 3.05) is 6.54 Å². The predicted octanol–water partition coefficient (Wildman–Crippen LogP) is 5.03. The summed E-state index contributed by atoms with van der Waals surface area (Å²) in [4.78, 5) is 27.2. The average Bonchev–Trinajstić information content (AvgIpc) is 2.82. The van der Waals surface area contributed by atoms with Gasteiger partial charge in [0.2, 0.25) is 5.91 Å². The molecule has 1 fully saturated rings. The quantitative estimate of drug-likeness (QED) is 0.507. The summed E-state index contributed by atoms with van der Waals surface area (Å²) in [6.07, 6.45) is 2.61. The number of halogens is 1. The lowest BCUT2D eigenvalue weighted by molar-refractivity contribution is -0.146. The number of aromatic nitrogens is 1. The van der Waals surface area contributed by atoms with E-state index in [1.165, 1.54) is 0 Å². The Labute approximate surface area is 202 Å². The number of pyridine rings is 1. The molecule has 0 radical (unpaired) electrons. The molecule has 33 heavy (non-hydrogen) atoms. The molecule has 0 spiro atoms. The second-order valence-corrected chi connectivity index (χ2v) is 9.72. The van der Waals surface area contributed by atoms with E-state index in [1.54, 1.807) is 15.5 Å². The van der Waals surface area contributed by atoms with Crippen LogP contribution in [-0.4, -0.2) is 33.3 Å². The first-order chi connectivity index (χ1) is 15.9. The molecule has 1 saturated heterocycles. The van der Waals surface area contributed by atoms with Gasteiger partial charge in [0, 0.05) is 41.8 Å². The molecule has 0 saturated carbocycles. The fraction of sp³-hybridized carbons (Fsp3) is 0.333. The minimum absolute atomic E-state index is 0.0237. The normalized spacial score (nSPS) is 19.3. The third-order valence-electron chi connectivity index (χ3n) is 6.47. The zero-order chi connectivity index (χ0) is 23.4. The van der Waals surface area contributed by atoms with Crippen LogP contribution in [0.25, 0.3) is 11.1 Å². The Morgan fingerprint density at radius 1 is 1.12 bits per heavy atom. The van der Waals surface area contributed by atoms with Gasteiger partial charge in [-0.3, -0.25) is 9.59 Å². The molecule has 1 aliphatic heterocycles. The topological polar surface area (TPSA) is 62.5 Å². The largest absolute Gasteiger partial charge is 0.374 e. The Bertz CT molecular complexity index is 1150. The van der Waals surface area contributed by atoms with Gasteiger partial charge in [-0.05, 0) is 51.7 Å². The number of hydrogen-bond donors (Lipinski definition) is 1. The van der Waals surface area contributed by atoms with Crippen molar-refractivity contribution in [1.29, 1.82) is 0 Å². The maximum atomic E-state index is 12.8. The molecular formula is C27H29BrN2O3. The molecule has 2 heterocycles. The number of likely N-dealkylation sites (tertiary alicyclic amines) is 1. The molecule has 1 aliphatic rings. The van der Waals surface area contributed by atoms with E-state index in [9.17, 15) is 14.7 Å². The summed E-state index contributed by atoms with van der Waals surface area (Å²) >= 11 is 3.60. The summed E-state index contributed by atoms with van der Waals surface area (Å²) in [6, 6.07) is 21.4. The molecule has 172 valence electrons. The molecule has 1 aromatic heterocycles. The molecule has 4 rings (SSSR count). The monoisotopic (exact) mass is 508 g/mol. The van der Waals surface area contributed by atoms with Crippen molar-refractivity contribution >= 4 is 21.8 Å². The van der Waals surface area contributed by atoms with Gasteiger partial charge in [0.25, 0.3) is 5.56 Å². The Kier molecular flexibility index (Phi) is 7.46. The van der Waals surface area contributed by atoms with Gasteiger partial charge in [0.05, 0.1) is 0 Å². The van der Waals surface area contributed by atoms with Crippen molar-refractivity contribution in [3.63, 3.8) is 0 Å². The van der Waals surface area contributed by atoms with E-state index in [2.05, 4.69) is 15.9 Å². The van der Waals surface area contributed by atoms with Crippen molar-refractivity contribution < 1.29 is 9.90 Å². The van der Waals surface area contributed by atoms with E-state index in [-0.39, 0.29) is 23.3 Å². The Morgan fingerprint density at radius 2 is 1.79 bits per heavy atom. The molecule has 3 atom stereocenters. The minimum Gasteiger partial charge on any atom is -0.374 e. The second kappa shape index (κ2) is 10.5. The second-order valence-electron chi connectivity index (χ2n) is 8.87. The van der Waals surface area contributed by atoms with Gasteiger partial charge in [-0.2, -0.15) is 0 Å². The number of carbonyl (C=O) groups excluding carboxylic acids is 1. The maximum Gasteiger partial charge on any atom is 0.251 e. The number of aliphatic hydroxyl groups excluding tert-OH is 1. The number of carbonyl (C=O) groups is 1. The van der Waals surface area contributed by atoms with E-state index in [0.29, 0.717) is 25.9 Å². The van der Waals surface area contributed by atoms with Crippen molar-refractivity contribution in [2.45, 2.75) is 44.9 Å². The van der Waals surface area contributed by atoms with Crippen LogP contribution in [0.2, 0.25) is 0 Å². The average molecular weight is 509 g/mol. The highest BCUT2D eigenvalue weighted by molar-refractivity contribution is 9.10. The summed E-state index contributed by atoms with van der Waals surface area (Å²) in [5, 5.41) is 10.7. The van der Waals surface area contributed by atoms with Crippen LogP contribution in [0, 0.1) is 5.92 Å². The molecular weight excluding hydrogens is 480 g/mol. The zero-order valence-corrected chi connectivity index (χ0v) is 20.3. The van der Waals surface area contributed by atoms with Crippen molar-refractivity contribution in [2.24, 2.45) is 5.92 Å². The Morgan fingerprint density at radius 3 is 2.45 bits per heavy atom. The van der Waals surface area contributed by atoms with E-state index < -0.39 is 6.23 Å². The zero-order valence-electron chi connectivity index (χ0n) is 18.7. The fourth-order valence-corrected chi connectivity index (χ4v) is 5.14. The highest BCUT2D eigenvalue weighted by Crippen LogP contribution is 2.29. The highest BCUT2D eigenvalue weighted by Gasteiger charge is 2.31. The molecule has 0 aliphatic carbocycles. The van der Waals surface area contributed by atoms with Crippen LogP contribution in [0.4, 0.5) is 0 Å². The number of piperidine rings is 1. The lowest BCUT2D eigenvalue weighted by Crippen LogP contribution is -2.47. The van der Waals surface area contributed by atoms with E-state index in [0.717, 1.165) is 27.6 Å². The van der Waals surface area contributed by atoms with Crippen LogP contribution >= 0.6 is 15.9 Å². The molecule has 3 aromatic rings. The first-order valence-corrected chi connectivity index (χ1v) is 12.2. The van der Waals surface area contributed by atoms with Crippen LogP contribution in [-0.2, 0) is 11.3 Å². The number of amides is 1. The predicted molar refractivity (Wildman–Crippen MR) is 134 cm³/mol. The van der Waals surface area contributed by atoms with Gasteiger partial charge in [-0.15, -0.1) is 0 Å². The van der Waals surface area contributed by atoms with E-state index in [1.807, 2.05) is 73.8 Å². The third-order valence-corrected chi connectivity index (χ3v) is 7.10. The van der Waals surface area contributed by atoms with Crippen molar-refractivity contribution in [3.8, 4) is 11.1 Å². The number of benzene rings is 2. The summed E-state index contributed by atoms with van der Waals surface area (Å²) in [5.41, 5.74) is 2.91. The first-order valence-electron chi connectivity index (χ1n) is 11.4. The van der Waals surface area contributed by atoms with Gasteiger partial charge in [0.15, 0.2) is 0 Å². The first kappa shape index (κ1) is 23.5. The van der Waals surface area contributed by atoms with E-state index >= 15 is 0 Å². The number of aliphatic hydroxyl groups is 1. The smallest absolute Gasteiger partial charge is 0.251 e. The molecule has 5 nitrogen and oxygen atoms in total. The molecule has 1 amide bonds. The van der Waals surface area contributed by atoms with Gasteiger partial charge < -0.3 is 14.6 Å². The van der Waals surface area contributed by atoms with Crippen LogP contribution in [0.5, 0.6) is 0 Å². The number of nitrogens with zero attached hydrogens (tertiary/aromatic N) is 2. The molecule has 0 bridgehead atoms. The van der Waals surface area contributed by atoms with E-state index in [4.69, 9.17) is 0 Å². The molecule has 6 heteroatoms. The molecule has 2 aromatic carbocycles. The molecule has 1 N–H and O–H groups in total. The Balaban J connectivity index is 1.38. The third kappa shape index (κ3) is 5.63. The fourth-order valence-electron chi connectivity index (χ4n) is 4.55. The highest BCUT2D eigenvalue weighted by atomic mass is 79.9. The summed E-state index contributed by atoms with van der Waals surface area (Å²) in [5.74, 6) is 0.204. The molecule has 3 unspecified atom stereocenters. The minimum atomic E-state index is -0.818. The lowest BCUT2D eigenvalue weighted by atomic mass is 9.93. The van der Waals surface area contributed by atoms with Crippen molar-refractivity contribution in [1.82, 2.24) is 9.47 Å². The van der Waals surface area contributed by atoms with Crippen LogP contribution in [0.3, 0.4) is 0 Å². The standard InChI is InChI=1S/C27H29BrN2O3/c1-19(21-8-4-2-5-9-21)14-26(32)30-13-12-20(15-27(30)33)17-29-18-24(28)23(16-25(29)31)22-10-6-3-7-11-22/h2-11,16,18-20,27,33H,12-15,17H2,1H3.